The van der Waals surface area contributed by atoms with Crippen molar-refractivity contribution in [3.8, 4) is 0 Å². The number of hydrogen-bond acceptors (Lipinski definition) is 3. The van der Waals surface area contributed by atoms with Crippen molar-refractivity contribution in [3.63, 3.8) is 0 Å². The van der Waals surface area contributed by atoms with Gasteiger partial charge in [-0.25, -0.2) is 9.37 Å². The second kappa shape index (κ2) is 6.43. The van der Waals surface area contributed by atoms with Gasteiger partial charge in [0.2, 0.25) is 5.95 Å². The molecule has 0 radical (unpaired) electrons. The Morgan fingerprint density at radius 3 is 2.95 bits per heavy atom. The van der Waals surface area contributed by atoms with Gasteiger partial charge in [0, 0.05) is 13.1 Å². The molecule has 1 aromatic heterocycles. The summed E-state index contributed by atoms with van der Waals surface area (Å²) in [5.41, 5.74) is 1.61. The quantitative estimate of drug-likeness (QED) is 0.832. The van der Waals surface area contributed by atoms with Crippen LogP contribution in [0.5, 0.6) is 0 Å². The predicted octanol–water partition coefficient (Wildman–Crippen LogP) is 2.92. The smallest absolute Gasteiger partial charge is 0.203 e. The summed E-state index contributed by atoms with van der Waals surface area (Å²) >= 11 is 0. The van der Waals surface area contributed by atoms with E-state index in [0.29, 0.717) is 0 Å². The topological polar surface area (TPSA) is 44.0 Å². The van der Waals surface area contributed by atoms with E-state index in [0.717, 1.165) is 49.1 Å². The van der Waals surface area contributed by atoms with Crippen LogP contribution in [0.1, 0.15) is 26.2 Å². The van der Waals surface area contributed by atoms with Crippen LogP contribution in [0.3, 0.4) is 0 Å². The number of halogens is 1. The van der Waals surface area contributed by atoms with E-state index in [9.17, 15) is 4.39 Å². The van der Waals surface area contributed by atoms with E-state index in [1.165, 1.54) is 31.4 Å². The summed E-state index contributed by atoms with van der Waals surface area (Å²) in [6, 6.07) is 4.69. The number of imidazole rings is 1. The van der Waals surface area contributed by atoms with Crippen LogP contribution in [-0.4, -0.2) is 36.1 Å². The van der Waals surface area contributed by atoms with Crippen molar-refractivity contribution in [2.75, 3.05) is 31.1 Å². The Bertz CT molecular complexity index is 587. The van der Waals surface area contributed by atoms with E-state index < -0.39 is 0 Å². The van der Waals surface area contributed by atoms with Gasteiger partial charge in [0.25, 0.3) is 0 Å². The second-order valence-electron chi connectivity index (χ2n) is 5.86. The number of anilines is 1. The average molecular weight is 290 g/mol. The van der Waals surface area contributed by atoms with Crippen molar-refractivity contribution in [2.24, 2.45) is 5.92 Å². The van der Waals surface area contributed by atoms with E-state index >= 15 is 0 Å². The molecule has 1 fully saturated rings. The molecule has 0 aliphatic carbocycles. The Labute approximate surface area is 124 Å². The number of fused-ring (bicyclic) bond motifs is 1. The van der Waals surface area contributed by atoms with Gasteiger partial charge in [0.05, 0.1) is 11.0 Å². The molecule has 1 saturated heterocycles. The number of nitrogens with one attached hydrogen (secondary N) is 2. The van der Waals surface area contributed by atoms with Crippen LogP contribution >= 0.6 is 0 Å². The van der Waals surface area contributed by atoms with Crippen molar-refractivity contribution < 1.29 is 4.39 Å². The highest BCUT2D eigenvalue weighted by Gasteiger charge is 2.21. The number of aromatic nitrogens is 2. The summed E-state index contributed by atoms with van der Waals surface area (Å²) in [7, 11) is 0. The molecule has 0 saturated carbocycles. The molecule has 114 valence electrons. The summed E-state index contributed by atoms with van der Waals surface area (Å²) in [6.07, 6.45) is 3.55. The molecule has 1 aliphatic rings. The minimum absolute atomic E-state index is 0.224. The maximum atomic E-state index is 13.2. The lowest BCUT2D eigenvalue weighted by Crippen LogP contribution is -2.37. The fourth-order valence-electron chi connectivity index (χ4n) is 2.95. The van der Waals surface area contributed by atoms with Crippen LogP contribution in [0.4, 0.5) is 10.3 Å². The molecule has 1 aliphatic heterocycles. The lowest BCUT2D eigenvalue weighted by Gasteiger charge is -2.31. The van der Waals surface area contributed by atoms with Gasteiger partial charge >= 0.3 is 0 Å². The number of benzene rings is 1. The van der Waals surface area contributed by atoms with E-state index in [1.807, 2.05) is 0 Å². The first-order valence-electron chi connectivity index (χ1n) is 7.87. The first-order valence-corrected chi connectivity index (χ1v) is 7.87. The lowest BCUT2D eigenvalue weighted by atomic mass is 9.97. The van der Waals surface area contributed by atoms with Gasteiger partial charge in [0.15, 0.2) is 0 Å². The molecule has 0 atom stereocenters. The van der Waals surface area contributed by atoms with E-state index in [-0.39, 0.29) is 5.82 Å². The third-order valence-electron chi connectivity index (χ3n) is 4.21. The zero-order valence-corrected chi connectivity index (χ0v) is 12.5. The highest BCUT2D eigenvalue weighted by molar-refractivity contribution is 5.77. The molecule has 0 bridgehead atoms. The lowest BCUT2D eigenvalue weighted by molar-refractivity contribution is 0.381. The van der Waals surface area contributed by atoms with E-state index in [1.54, 1.807) is 6.07 Å². The Balaban J connectivity index is 1.60. The normalized spacial score (nSPS) is 16.8. The minimum Gasteiger partial charge on any atom is -0.342 e. The molecule has 0 unspecified atom stereocenters. The molecular formula is C16H23FN4. The largest absolute Gasteiger partial charge is 0.342 e. The molecular weight excluding hydrogens is 267 g/mol. The highest BCUT2D eigenvalue weighted by atomic mass is 19.1. The first-order chi connectivity index (χ1) is 10.3. The van der Waals surface area contributed by atoms with Crippen LogP contribution in [0.15, 0.2) is 18.2 Å². The highest BCUT2D eigenvalue weighted by Crippen LogP contribution is 2.23. The van der Waals surface area contributed by atoms with Crippen molar-refractivity contribution >= 4 is 17.0 Å². The number of hydrogen-bond donors (Lipinski definition) is 2. The van der Waals surface area contributed by atoms with Crippen LogP contribution in [0, 0.1) is 11.7 Å². The maximum absolute atomic E-state index is 13.2. The van der Waals surface area contributed by atoms with Gasteiger partial charge in [-0.2, -0.15) is 0 Å². The summed E-state index contributed by atoms with van der Waals surface area (Å²) in [5, 5.41) is 3.50. The summed E-state index contributed by atoms with van der Waals surface area (Å²) in [6.45, 7) is 6.45. The molecule has 5 heteroatoms. The van der Waals surface area contributed by atoms with Gasteiger partial charge < -0.3 is 15.2 Å². The summed E-state index contributed by atoms with van der Waals surface area (Å²) < 4.78 is 13.2. The van der Waals surface area contributed by atoms with Gasteiger partial charge in [-0.1, -0.05) is 6.92 Å². The standard InChI is InChI=1S/C16H23FN4/c1-2-7-18-11-12-5-8-21(9-6-12)16-19-14-4-3-13(17)10-15(14)20-16/h3-4,10,12,18H,2,5-9,11H2,1H3,(H,19,20). The third-order valence-corrected chi connectivity index (χ3v) is 4.21. The van der Waals surface area contributed by atoms with Gasteiger partial charge in [-0.15, -0.1) is 0 Å². The van der Waals surface area contributed by atoms with Gasteiger partial charge in [0.1, 0.15) is 5.82 Å². The molecule has 1 aromatic carbocycles. The first kappa shape index (κ1) is 14.3. The van der Waals surface area contributed by atoms with Crippen LogP contribution < -0.4 is 10.2 Å². The van der Waals surface area contributed by atoms with Crippen LogP contribution in [0.2, 0.25) is 0 Å². The van der Waals surface area contributed by atoms with Gasteiger partial charge in [-0.3, -0.25) is 0 Å². The number of nitrogens with zero attached hydrogens (tertiary/aromatic N) is 2. The third kappa shape index (κ3) is 3.35. The Kier molecular flexibility index (Phi) is 4.39. The Hall–Kier alpha value is -1.62. The Morgan fingerprint density at radius 1 is 1.38 bits per heavy atom. The fraction of sp³-hybridized carbons (Fsp3) is 0.562. The zero-order valence-electron chi connectivity index (χ0n) is 12.5. The van der Waals surface area contributed by atoms with Crippen molar-refractivity contribution in [1.29, 1.82) is 0 Å². The molecule has 21 heavy (non-hydrogen) atoms. The zero-order chi connectivity index (χ0) is 14.7. The number of H-pyrrole nitrogens is 1. The predicted molar refractivity (Wildman–Crippen MR) is 84.1 cm³/mol. The van der Waals surface area contributed by atoms with E-state index in [2.05, 4.69) is 27.1 Å². The van der Waals surface area contributed by atoms with Crippen LogP contribution in [-0.2, 0) is 0 Å². The van der Waals surface area contributed by atoms with Gasteiger partial charge in [-0.05, 0) is 56.5 Å². The summed E-state index contributed by atoms with van der Waals surface area (Å²) in [5.74, 6) is 1.41. The molecule has 2 N–H and O–H groups in total. The summed E-state index contributed by atoms with van der Waals surface area (Å²) in [4.78, 5) is 10.1. The number of piperidine rings is 1. The van der Waals surface area contributed by atoms with Crippen molar-refractivity contribution in [3.05, 3.63) is 24.0 Å². The van der Waals surface area contributed by atoms with Crippen LogP contribution in [0.25, 0.3) is 11.0 Å². The van der Waals surface area contributed by atoms with Crippen molar-refractivity contribution in [2.45, 2.75) is 26.2 Å². The number of aromatic amines is 1. The number of rotatable bonds is 5. The molecule has 2 heterocycles. The molecule has 0 amide bonds. The molecule has 2 aromatic rings. The fourth-order valence-corrected chi connectivity index (χ4v) is 2.95. The molecule has 4 nitrogen and oxygen atoms in total. The molecule has 0 spiro atoms. The molecule has 3 rings (SSSR count). The second-order valence-corrected chi connectivity index (χ2v) is 5.86. The SMILES string of the molecule is CCCNCC1CCN(c2nc3ccc(F)cc3[nH]2)CC1. The minimum atomic E-state index is -0.224. The van der Waals surface area contributed by atoms with Crippen molar-refractivity contribution in [1.82, 2.24) is 15.3 Å². The Morgan fingerprint density at radius 2 is 2.19 bits per heavy atom. The average Bonchev–Trinajstić information content (AvgIpc) is 2.91. The maximum Gasteiger partial charge on any atom is 0.203 e. The van der Waals surface area contributed by atoms with E-state index in [4.69, 9.17) is 0 Å². The monoisotopic (exact) mass is 290 g/mol.